The number of carbonyl (C=O) groups is 2. The van der Waals surface area contributed by atoms with Crippen molar-refractivity contribution >= 4 is 33.5 Å². The second-order valence-corrected chi connectivity index (χ2v) is 5.77. The van der Waals surface area contributed by atoms with Gasteiger partial charge in [0.15, 0.2) is 0 Å². The average Bonchev–Trinajstić information content (AvgIpc) is 2.71. The Morgan fingerprint density at radius 3 is 2.63 bits per heavy atom. The molecule has 0 bridgehead atoms. The van der Waals surface area contributed by atoms with Gasteiger partial charge in [0, 0.05) is 23.2 Å². The smallest absolute Gasteiger partial charge is 0.308 e. The van der Waals surface area contributed by atoms with E-state index in [0.717, 1.165) is 4.47 Å². The van der Waals surface area contributed by atoms with Crippen LogP contribution in [0.2, 0.25) is 0 Å². The summed E-state index contributed by atoms with van der Waals surface area (Å²) in [6.45, 7) is 2.92. The maximum atomic E-state index is 11.5. The third kappa shape index (κ3) is 2.73. The van der Waals surface area contributed by atoms with E-state index >= 15 is 0 Å². The zero-order valence-electron chi connectivity index (χ0n) is 10.5. The average molecular weight is 327 g/mol. The molecule has 0 aromatic heterocycles. The number of benzene rings is 1. The molecule has 2 rings (SSSR count). The molecule has 1 aliphatic heterocycles. The third-order valence-electron chi connectivity index (χ3n) is 3.49. The van der Waals surface area contributed by atoms with Crippen LogP contribution in [0.1, 0.15) is 17.3 Å². The van der Waals surface area contributed by atoms with Gasteiger partial charge in [-0.15, -0.1) is 0 Å². The Morgan fingerprint density at radius 2 is 2.11 bits per heavy atom. The van der Waals surface area contributed by atoms with Gasteiger partial charge in [0.2, 0.25) is 0 Å². The first-order chi connectivity index (χ1) is 8.90. The molecule has 0 aliphatic carbocycles. The summed E-state index contributed by atoms with van der Waals surface area (Å²) in [5, 5.41) is 9.15. The molecule has 1 heterocycles. The number of carboxylic acids is 1. The van der Waals surface area contributed by atoms with Crippen molar-refractivity contribution in [1.82, 2.24) is 0 Å². The molecular formula is C13H15BrN2O3. The van der Waals surface area contributed by atoms with Crippen molar-refractivity contribution in [3.05, 3.63) is 28.2 Å². The predicted molar refractivity (Wildman–Crippen MR) is 75.2 cm³/mol. The number of aliphatic carboxylic acids is 1. The first-order valence-corrected chi connectivity index (χ1v) is 6.76. The molecule has 1 amide bonds. The van der Waals surface area contributed by atoms with Crippen LogP contribution in [-0.4, -0.2) is 30.1 Å². The molecule has 0 radical (unpaired) electrons. The van der Waals surface area contributed by atoms with Gasteiger partial charge in [0.05, 0.1) is 11.5 Å². The highest BCUT2D eigenvalue weighted by Gasteiger charge is 2.35. The molecule has 0 saturated carbocycles. The van der Waals surface area contributed by atoms with E-state index in [0.29, 0.717) is 24.3 Å². The van der Waals surface area contributed by atoms with Crippen LogP contribution in [0.3, 0.4) is 0 Å². The number of rotatable bonds is 3. The third-order valence-corrected chi connectivity index (χ3v) is 3.99. The van der Waals surface area contributed by atoms with E-state index in [1.807, 2.05) is 17.9 Å². The molecule has 102 valence electrons. The normalized spacial score (nSPS) is 22.5. The summed E-state index contributed by atoms with van der Waals surface area (Å²) >= 11 is 3.30. The Labute approximate surface area is 119 Å². The zero-order valence-corrected chi connectivity index (χ0v) is 12.1. The molecule has 6 heteroatoms. The van der Waals surface area contributed by atoms with Gasteiger partial charge in [-0.3, -0.25) is 9.59 Å². The van der Waals surface area contributed by atoms with Crippen LogP contribution in [0, 0.1) is 11.8 Å². The summed E-state index contributed by atoms with van der Waals surface area (Å²) < 4.78 is 0.770. The Balaban J connectivity index is 2.33. The Morgan fingerprint density at radius 1 is 1.42 bits per heavy atom. The van der Waals surface area contributed by atoms with Crippen LogP contribution in [0.25, 0.3) is 0 Å². The topological polar surface area (TPSA) is 83.6 Å². The molecule has 3 N–H and O–H groups in total. The van der Waals surface area contributed by atoms with E-state index in [2.05, 4.69) is 15.9 Å². The van der Waals surface area contributed by atoms with E-state index in [-0.39, 0.29) is 5.92 Å². The van der Waals surface area contributed by atoms with Gasteiger partial charge >= 0.3 is 5.97 Å². The molecule has 5 nitrogen and oxygen atoms in total. The number of carboxylic acid groups (broad SMARTS) is 1. The van der Waals surface area contributed by atoms with Crippen molar-refractivity contribution in [3.8, 4) is 0 Å². The van der Waals surface area contributed by atoms with Crippen molar-refractivity contribution in [2.24, 2.45) is 17.6 Å². The Hall–Kier alpha value is -1.56. The minimum absolute atomic E-state index is 0.0434. The number of nitrogens with two attached hydrogens (primary N) is 1. The van der Waals surface area contributed by atoms with Crippen LogP contribution in [-0.2, 0) is 4.79 Å². The monoisotopic (exact) mass is 326 g/mol. The number of hydrogen-bond donors (Lipinski definition) is 2. The van der Waals surface area contributed by atoms with E-state index < -0.39 is 17.8 Å². The minimum atomic E-state index is -0.798. The molecule has 1 aliphatic rings. The van der Waals surface area contributed by atoms with Crippen molar-refractivity contribution in [1.29, 1.82) is 0 Å². The lowest BCUT2D eigenvalue weighted by Crippen LogP contribution is -2.25. The second-order valence-electron chi connectivity index (χ2n) is 4.85. The number of halogens is 1. The molecule has 1 aromatic carbocycles. The van der Waals surface area contributed by atoms with Crippen molar-refractivity contribution in [2.75, 3.05) is 18.0 Å². The maximum absolute atomic E-state index is 11.5. The SMILES string of the molecule is C[C@@H]1CN(c2ccc(Br)cc2C(N)=O)C[C@H]1C(=O)O. The van der Waals surface area contributed by atoms with Gasteiger partial charge < -0.3 is 15.7 Å². The molecular weight excluding hydrogens is 312 g/mol. The molecule has 0 spiro atoms. The standard InChI is InChI=1S/C13H15BrN2O3/c1-7-5-16(6-10(7)13(18)19)11-3-2-8(14)4-9(11)12(15)17/h2-4,7,10H,5-6H2,1H3,(H2,15,17)(H,18,19)/t7-,10-/m1/s1. The lowest BCUT2D eigenvalue weighted by atomic mass is 9.99. The summed E-state index contributed by atoms with van der Waals surface area (Å²) in [5.74, 6) is -1.68. The summed E-state index contributed by atoms with van der Waals surface area (Å²) in [4.78, 5) is 24.5. The van der Waals surface area contributed by atoms with Crippen molar-refractivity contribution < 1.29 is 14.7 Å². The summed E-state index contributed by atoms with van der Waals surface area (Å²) in [6, 6.07) is 5.28. The number of primary amides is 1. The largest absolute Gasteiger partial charge is 0.481 e. The van der Waals surface area contributed by atoms with Crippen LogP contribution in [0.15, 0.2) is 22.7 Å². The summed E-state index contributed by atoms with van der Waals surface area (Å²) in [6.07, 6.45) is 0. The quantitative estimate of drug-likeness (QED) is 0.885. The fourth-order valence-corrected chi connectivity index (χ4v) is 2.83. The van der Waals surface area contributed by atoms with Crippen molar-refractivity contribution in [2.45, 2.75) is 6.92 Å². The summed E-state index contributed by atoms with van der Waals surface area (Å²) in [7, 11) is 0. The molecule has 1 fully saturated rings. The van der Waals surface area contributed by atoms with Crippen molar-refractivity contribution in [3.63, 3.8) is 0 Å². The molecule has 2 atom stereocenters. The number of carbonyl (C=O) groups excluding carboxylic acids is 1. The van der Waals surface area contributed by atoms with Crippen LogP contribution in [0.5, 0.6) is 0 Å². The second kappa shape index (κ2) is 5.21. The fraction of sp³-hybridized carbons (Fsp3) is 0.385. The highest BCUT2D eigenvalue weighted by atomic mass is 79.9. The van der Waals surface area contributed by atoms with Gasteiger partial charge in [-0.05, 0) is 24.1 Å². The van der Waals surface area contributed by atoms with E-state index in [1.165, 1.54) is 0 Å². The number of nitrogens with zero attached hydrogens (tertiary/aromatic N) is 1. The van der Waals surface area contributed by atoms with Gasteiger partial charge in [-0.25, -0.2) is 0 Å². The number of anilines is 1. The molecule has 0 unspecified atom stereocenters. The van der Waals surface area contributed by atoms with Gasteiger partial charge in [0.25, 0.3) is 5.91 Å². The fourth-order valence-electron chi connectivity index (χ4n) is 2.47. The van der Waals surface area contributed by atoms with Crippen LogP contribution < -0.4 is 10.6 Å². The van der Waals surface area contributed by atoms with Gasteiger partial charge in [0.1, 0.15) is 0 Å². The highest BCUT2D eigenvalue weighted by Crippen LogP contribution is 2.31. The zero-order chi connectivity index (χ0) is 14.2. The Kier molecular flexibility index (Phi) is 3.80. The maximum Gasteiger partial charge on any atom is 0.308 e. The van der Waals surface area contributed by atoms with E-state index in [9.17, 15) is 9.59 Å². The first-order valence-electron chi connectivity index (χ1n) is 5.97. The Bertz CT molecular complexity index is 533. The van der Waals surface area contributed by atoms with E-state index in [4.69, 9.17) is 10.8 Å². The van der Waals surface area contributed by atoms with Gasteiger partial charge in [-0.2, -0.15) is 0 Å². The first kappa shape index (κ1) is 13.9. The van der Waals surface area contributed by atoms with E-state index in [1.54, 1.807) is 12.1 Å². The molecule has 1 aromatic rings. The number of hydrogen-bond acceptors (Lipinski definition) is 3. The molecule has 19 heavy (non-hydrogen) atoms. The number of amides is 1. The highest BCUT2D eigenvalue weighted by molar-refractivity contribution is 9.10. The summed E-state index contributed by atoms with van der Waals surface area (Å²) in [5.41, 5.74) is 6.49. The lowest BCUT2D eigenvalue weighted by Gasteiger charge is -2.21. The van der Waals surface area contributed by atoms with Crippen LogP contribution in [0.4, 0.5) is 5.69 Å². The predicted octanol–water partition coefficient (Wildman–Crippen LogP) is 1.70. The minimum Gasteiger partial charge on any atom is -0.481 e. The van der Waals surface area contributed by atoms with Gasteiger partial charge in [-0.1, -0.05) is 22.9 Å². The lowest BCUT2D eigenvalue weighted by molar-refractivity contribution is -0.142. The molecule has 1 saturated heterocycles. The van der Waals surface area contributed by atoms with Crippen LogP contribution >= 0.6 is 15.9 Å².